The molecule has 0 aliphatic carbocycles. The highest BCUT2D eigenvalue weighted by atomic mass is 32.1. The molecule has 118 valence electrons. The number of aromatic nitrogens is 1. The van der Waals surface area contributed by atoms with Gasteiger partial charge in [0.2, 0.25) is 0 Å². The molecule has 0 saturated carbocycles. The van der Waals surface area contributed by atoms with Crippen molar-refractivity contribution in [3.63, 3.8) is 0 Å². The maximum absolute atomic E-state index is 12.0. The zero-order valence-corrected chi connectivity index (χ0v) is 13.0. The molecule has 8 heteroatoms. The van der Waals surface area contributed by atoms with Crippen molar-refractivity contribution in [3.8, 4) is 0 Å². The van der Waals surface area contributed by atoms with E-state index in [2.05, 4.69) is 10.3 Å². The quantitative estimate of drug-likeness (QED) is 0.572. The van der Waals surface area contributed by atoms with E-state index in [1.54, 1.807) is 11.3 Å². The van der Waals surface area contributed by atoms with Crippen molar-refractivity contribution in [1.29, 1.82) is 0 Å². The Kier molecular flexibility index (Phi) is 4.07. The highest BCUT2D eigenvalue weighted by molar-refractivity contribution is 7.18. The molecule has 0 saturated heterocycles. The summed E-state index contributed by atoms with van der Waals surface area (Å²) in [5.41, 5.74) is 0.938. The summed E-state index contributed by atoms with van der Waals surface area (Å²) >= 11 is 1.58. The number of nitro groups is 1. The van der Waals surface area contributed by atoms with Crippen LogP contribution >= 0.6 is 11.3 Å². The SMILES string of the molecule is C[C@@H](Cc1nc2ccccc2s1)NC(=O)c1ccc([N+](=O)[O-])o1. The van der Waals surface area contributed by atoms with E-state index in [1.165, 1.54) is 6.07 Å². The fraction of sp³-hybridized carbons (Fsp3) is 0.200. The van der Waals surface area contributed by atoms with Gasteiger partial charge in [0.1, 0.15) is 4.92 Å². The number of nitrogens with zero attached hydrogens (tertiary/aromatic N) is 2. The van der Waals surface area contributed by atoms with Crippen molar-refractivity contribution in [2.45, 2.75) is 19.4 Å². The van der Waals surface area contributed by atoms with Gasteiger partial charge in [0.05, 0.1) is 21.3 Å². The van der Waals surface area contributed by atoms with E-state index >= 15 is 0 Å². The highest BCUT2D eigenvalue weighted by Crippen LogP contribution is 2.22. The molecule has 0 aliphatic rings. The van der Waals surface area contributed by atoms with Gasteiger partial charge in [-0.1, -0.05) is 12.1 Å². The van der Waals surface area contributed by atoms with E-state index in [4.69, 9.17) is 4.42 Å². The molecule has 0 fully saturated rings. The van der Waals surface area contributed by atoms with Crippen LogP contribution in [-0.2, 0) is 6.42 Å². The Balaban J connectivity index is 1.64. The van der Waals surface area contributed by atoms with Crippen LogP contribution in [0.25, 0.3) is 10.2 Å². The van der Waals surface area contributed by atoms with Crippen LogP contribution in [0.15, 0.2) is 40.8 Å². The summed E-state index contributed by atoms with van der Waals surface area (Å²) in [6, 6.07) is 10.1. The standard InChI is InChI=1S/C15H13N3O4S/c1-9(8-13-17-10-4-2-3-5-12(10)23-13)16-15(19)11-6-7-14(22-11)18(20)21/h2-7,9H,8H2,1H3,(H,16,19)/t9-/m0/s1. The largest absolute Gasteiger partial charge is 0.433 e. The molecule has 1 amide bonds. The zero-order valence-electron chi connectivity index (χ0n) is 12.2. The Labute approximate surface area is 135 Å². The second-order valence-electron chi connectivity index (χ2n) is 5.05. The maximum Gasteiger partial charge on any atom is 0.433 e. The van der Waals surface area contributed by atoms with Crippen LogP contribution in [0.3, 0.4) is 0 Å². The molecule has 0 spiro atoms. The average Bonchev–Trinajstić information content (AvgIpc) is 3.13. The first-order valence-corrected chi connectivity index (χ1v) is 7.74. The number of thiazole rings is 1. The second kappa shape index (κ2) is 6.17. The van der Waals surface area contributed by atoms with E-state index in [-0.39, 0.29) is 11.8 Å². The van der Waals surface area contributed by atoms with Gasteiger partial charge in [0.15, 0.2) is 5.76 Å². The minimum Gasteiger partial charge on any atom is -0.395 e. The molecule has 0 radical (unpaired) electrons. The molecule has 1 aromatic carbocycles. The minimum absolute atomic E-state index is 0.0761. The lowest BCUT2D eigenvalue weighted by Gasteiger charge is -2.10. The highest BCUT2D eigenvalue weighted by Gasteiger charge is 2.19. The number of rotatable bonds is 5. The van der Waals surface area contributed by atoms with E-state index in [0.717, 1.165) is 21.3 Å². The van der Waals surface area contributed by atoms with Crippen molar-refractivity contribution < 1.29 is 14.1 Å². The first-order chi connectivity index (χ1) is 11.0. The topological polar surface area (TPSA) is 98.3 Å². The summed E-state index contributed by atoms with van der Waals surface area (Å²) in [6.45, 7) is 1.85. The summed E-state index contributed by atoms with van der Waals surface area (Å²) in [5, 5.41) is 14.2. The Bertz CT molecular complexity index is 837. The number of carbonyl (C=O) groups is 1. The fourth-order valence-electron chi connectivity index (χ4n) is 2.16. The van der Waals surface area contributed by atoms with Crippen molar-refractivity contribution in [2.24, 2.45) is 0 Å². The van der Waals surface area contributed by atoms with Gasteiger partial charge >= 0.3 is 5.88 Å². The third kappa shape index (κ3) is 3.37. The summed E-state index contributed by atoms with van der Waals surface area (Å²) in [6.07, 6.45) is 0.577. The number of benzene rings is 1. The Morgan fingerprint density at radius 1 is 1.39 bits per heavy atom. The first-order valence-electron chi connectivity index (χ1n) is 6.92. The van der Waals surface area contributed by atoms with Crippen LogP contribution in [0.4, 0.5) is 5.88 Å². The summed E-state index contributed by atoms with van der Waals surface area (Å²) in [5.74, 6) is -1.01. The van der Waals surface area contributed by atoms with Crippen molar-refractivity contribution in [3.05, 3.63) is 57.3 Å². The minimum atomic E-state index is -0.679. The average molecular weight is 331 g/mol. The number of hydrogen-bond acceptors (Lipinski definition) is 6. The molecule has 3 aromatic rings. The van der Waals surface area contributed by atoms with E-state index in [1.807, 2.05) is 31.2 Å². The lowest BCUT2D eigenvalue weighted by atomic mass is 10.2. The maximum atomic E-state index is 12.0. The van der Waals surface area contributed by atoms with E-state index in [9.17, 15) is 14.9 Å². The van der Waals surface area contributed by atoms with Gasteiger partial charge in [-0.15, -0.1) is 11.3 Å². The Morgan fingerprint density at radius 2 is 2.17 bits per heavy atom. The van der Waals surface area contributed by atoms with Gasteiger partial charge in [-0.05, 0) is 25.1 Å². The lowest BCUT2D eigenvalue weighted by Crippen LogP contribution is -2.33. The number of para-hydroxylation sites is 1. The van der Waals surface area contributed by atoms with Crippen LogP contribution < -0.4 is 5.32 Å². The third-order valence-electron chi connectivity index (χ3n) is 3.19. The predicted octanol–water partition coefficient (Wildman–Crippen LogP) is 3.16. The predicted molar refractivity (Wildman–Crippen MR) is 85.6 cm³/mol. The smallest absolute Gasteiger partial charge is 0.395 e. The van der Waals surface area contributed by atoms with Crippen LogP contribution in [0.5, 0.6) is 0 Å². The number of fused-ring (bicyclic) bond motifs is 1. The van der Waals surface area contributed by atoms with Crippen LogP contribution in [0.1, 0.15) is 22.5 Å². The summed E-state index contributed by atoms with van der Waals surface area (Å²) in [4.78, 5) is 26.4. The van der Waals surface area contributed by atoms with Crippen molar-refractivity contribution >= 4 is 33.3 Å². The number of carbonyl (C=O) groups excluding carboxylic acids is 1. The van der Waals surface area contributed by atoms with Gasteiger partial charge in [0, 0.05) is 12.5 Å². The van der Waals surface area contributed by atoms with Crippen LogP contribution in [0.2, 0.25) is 0 Å². The molecule has 0 bridgehead atoms. The molecule has 23 heavy (non-hydrogen) atoms. The molecular formula is C15H13N3O4S. The van der Waals surface area contributed by atoms with Gasteiger partial charge in [0.25, 0.3) is 5.91 Å². The summed E-state index contributed by atoms with van der Waals surface area (Å²) < 4.78 is 5.98. The van der Waals surface area contributed by atoms with Gasteiger partial charge in [-0.25, -0.2) is 4.98 Å². The first kappa shape index (κ1) is 15.2. The van der Waals surface area contributed by atoms with E-state index in [0.29, 0.717) is 6.42 Å². The third-order valence-corrected chi connectivity index (χ3v) is 4.25. The Morgan fingerprint density at radius 3 is 2.87 bits per heavy atom. The lowest BCUT2D eigenvalue weighted by molar-refractivity contribution is -0.402. The summed E-state index contributed by atoms with van der Waals surface area (Å²) in [7, 11) is 0. The number of furan rings is 1. The zero-order chi connectivity index (χ0) is 16.4. The molecule has 2 heterocycles. The van der Waals surface area contributed by atoms with Gasteiger partial charge in [-0.2, -0.15) is 0 Å². The number of hydrogen-bond donors (Lipinski definition) is 1. The molecule has 2 aromatic heterocycles. The van der Waals surface area contributed by atoms with E-state index < -0.39 is 16.7 Å². The molecular weight excluding hydrogens is 318 g/mol. The molecule has 1 atom stereocenters. The van der Waals surface area contributed by atoms with Crippen LogP contribution in [0, 0.1) is 10.1 Å². The molecule has 0 unspecified atom stereocenters. The number of amides is 1. The molecule has 0 aliphatic heterocycles. The monoisotopic (exact) mass is 331 g/mol. The Hall–Kier alpha value is -2.74. The number of nitrogens with one attached hydrogen (secondary N) is 1. The van der Waals surface area contributed by atoms with Gasteiger partial charge in [-0.3, -0.25) is 14.9 Å². The molecule has 1 N–H and O–H groups in total. The van der Waals surface area contributed by atoms with Gasteiger partial charge < -0.3 is 9.73 Å². The second-order valence-corrected chi connectivity index (χ2v) is 6.16. The fourth-order valence-corrected chi connectivity index (χ4v) is 3.26. The normalized spacial score (nSPS) is 12.2. The molecule has 7 nitrogen and oxygen atoms in total. The molecule has 3 rings (SSSR count). The van der Waals surface area contributed by atoms with Crippen LogP contribution in [-0.4, -0.2) is 21.9 Å². The van der Waals surface area contributed by atoms with Crippen molar-refractivity contribution in [2.75, 3.05) is 0 Å². The van der Waals surface area contributed by atoms with Crippen molar-refractivity contribution in [1.82, 2.24) is 10.3 Å².